The standard InChI is InChI=1S/FH.Li.Mn.H2O4S.H/c;;;1-5(2,3)4;/h1H;;;(H2,1,2,3,4);/q;;+1;;/p-1. The van der Waals surface area contributed by atoms with Crippen molar-refractivity contribution >= 4 is 29.3 Å². The van der Waals surface area contributed by atoms with Crippen LogP contribution in [0.5, 0.6) is 0 Å². The first-order valence-corrected chi connectivity index (χ1v) is 2.68. The first-order chi connectivity index (χ1) is 3.00. The molecule has 0 aliphatic carbocycles. The van der Waals surface area contributed by atoms with Gasteiger partial charge in [0.05, 0.1) is 0 Å². The second-order valence-corrected chi connectivity index (χ2v) is 1.34. The van der Waals surface area contributed by atoms with Gasteiger partial charge in [0.1, 0.15) is 0 Å². The quantitative estimate of drug-likeness (QED) is 0.374. The molecule has 0 bridgehead atoms. The monoisotopic (exact) mass is 180 g/mol. The molecule has 0 fully saturated rings. The van der Waals surface area contributed by atoms with Crippen LogP contribution in [0.3, 0.4) is 0 Å². The summed E-state index contributed by atoms with van der Waals surface area (Å²) in [6.45, 7) is 0. The second kappa shape index (κ2) is 7.92. The van der Waals surface area contributed by atoms with Crippen molar-refractivity contribution in [1.29, 1.82) is 0 Å². The Hall–Kier alpha value is 0.917. The van der Waals surface area contributed by atoms with Gasteiger partial charge < -0.3 is 0 Å². The van der Waals surface area contributed by atoms with Crippen LogP contribution in [0.25, 0.3) is 0 Å². The zero-order valence-electron chi connectivity index (χ0n) is 2.88. The molecule has 4 nitrogen and oxygen atoms in total. The van der Waals surface area contributed by atoms with Gasteiger partial charge in [0.25, 0.3) is 0 Å². The maximum atomic E-state index is 9.31. The molecule has 8 heteroatoms. The molecular weight excluding hydrogens is 177 g/mol. The number of hydrogen-bond donors (Lipinski definition) is 2. The van der Waals surface area contributed by atoms with Crippen molar-refractivity contribution in [3.8, 4) is 0 Å². The molecule has 8 heavy (non-hydrogen) atoms. The first kappa shape index (κ1) is 16.0. The van der Waals surface area contributed by atoms with E-state index in [1.54, 1.807) is 0 Å². The fourth-order valence-corrected chi connectivity index (χ4v) is 0. The normalized spacial score (nSPS) is 8.00. The van der Waals surface area contributed by atoms with Gasteiger partial charge in [-0.25, -0.2) is 0 Å². The van der Waals surface area contributed by atoms with Crippen molar-refractivity contribution in [2.24, 2.45) is 0 Å². The van der Waals surface area contributed by atoms with Gasteiger partial charge in [0.2, 0.25) is 0 Å². The molecule has 0 unspecified atom stereocenters. The molecule has 0 saturated carbocycles. The van der Waals surface area contributed by atoms with Gasteiger partial charge in [-0.1, -0.05) is 0 Å². The molecule has 48 valence electrons. The van der Waals surface area contributed by atoms with Crippen LogP contribution in [-0.2, 0) is 26.9 Å². The summed E-state index contributed by atoms with van der Waals surface area (Å²) in [7, 11) is -4.67. The molecule has 0 saturated heterocycles. The van der Waals surface area contributed by atoms with Gasteiger partial charge in [0.15, 0.2) is 0 Å². The van der Waals surface area contributed by atoms with Crippen LogP contribution in [0.2, 0.25) is 0 Å². The van der Waals surface area contributed by atoms with Crippen molar-refractivity contribution < 1.29 is 37.5 Å². The number of hydrogen-bond acceptors (Lipinski definition) is 2. The van der Waals surface area contributed by atoms with E-state index < -0.39 is 10.4 Å². The molecule has 0 radical (unpaired) electrons. The summed E-state index contributed by atoms with van der Waals surface area (Å²) in [6.07, 6.45) is 0. The molecule has 0 aliphatic rings. The van der Waals surface area contributed by atoms with E-state index in [0.29, 0.717) is 0 Å². The summed E-state index contributed by atoms with van der Waals surface area (Å²) in [5.41, 5.74) is 0. The average molecular weight is 180 g/mol. The summed E-state index contributed by atoms with van der Waals surface area (Å²) < 4.78 is 40.9. The Balaban J connectivity index is -0.0000000750. The molecule has 0 rings (SSSR count). The molecule has 0 atom stereocenters. The van der Waals surface area contributed by atoms with E-state index in [0.717, 1.165) is 0 Å². The minimum atomic E-state index is -4.67. The van der Waals surface area contributed by atoms with Crippen LogP contribution in [0.15, 0.2) is 0 Å². The summed E-state index contributed by atoms with van der Waals surface area (Å²) >= 11 is 1.44. The van der Waals surface area contributed by atoms with Gasteiger partial charge in [-0.2, -0.15) is 8.42 Å². The average Bonchev–Trinajstić information content (AvgIpc) is 1.36. The third kappa shape index (κ3) is 288. The molecule has 0 spiro atoms. The van der Waals surface area contributed by atoms with Crippen molar-refractivity contribution in [3.05, 3.63) is 0 Å². The van der Waals surface area contributed by atoms with E-state index in [1.165, 1.54) is 16.5 Å². The molecule has 0 aromatic heterocycles. The Morgan fingerprint density at radius 1 is 1.25 bits per heavy atom. The fourth-order valence-electron chi connectivity index (χ4n) is 0. The van der Waals surface area contributed by atoms with E-state index in [2.05, 4.69) is 0 Å². The molecule has 0 aromatic rings. The van der Waals surface area contributed by atoms with E-state index in [4.69, 9.17) is 17.5 Å². The minimum absolute atomic E-state index is 0. The second-order valence-electron chi connectivity index (χ2n) is 0.448. The third-order valence-electron chi connectivity index (χ3n) is 0. The third-order valence-corrected chi connectivity index (χ3v) is 0. The number of halogens is 1. The van der Waals surface area contributed by atoms with E-state index in [1.807, 2.05) is 0 Å². The van der Waals surface area contributed by atoms with Crippen LogP contribution in [0.1, 0.15) is 0 Å². The predicted octanol–water partition coefficient (Wildman–Crippen LogP) is -0.884. The SMILES string of the molecule is O=S(=O)(O)O.[F][Mn].[LiH]. The molecule has 0 amide bonds. The topological polar surface area (TPSA) is 74.6 Å². The summed E-state index contributed by atoms with van der Waals surface area (Å²) in [4.78, 5) is 0. The molecule has 0 heterocycles. The maximum absolute atomic E-state index is 9.31. The Morgan fingerprint density at radius 3 is 1.25 bits per heavy atom. The van der Waals surface area contributed by atoms with Gasteiger partial charge in [-0.15, -0.1) is 0 Å². The Kier molecular flexibility index (Phi) is 15.8. The first-order valence-electron chi connectivity index (χ1n) is 0.841. The van der Waals surface area contributed by atoms with Crippen molar-refractivity contribution in [2.45, 2.75) is 0 Å². The molecule has 0 aliphatic heterocycles. The van der Waals surface area contributed by atoms with Crippen LogP contribution >= 0.6 is 0 Å². The molecule has 0 aromatic carbocycles. The van der Waals surface area contributed by atoms with Gasteiger partial charge >= 0.3 is 49.3 Å². The summed E-state index contributed by atoms with van der Waals surface area (Å²) in [5, 5.41) is 0. The van der Waals surface area contributed by atoms with Crippen molar-refractivity contribution in [3.63, 3.8) is 0 Å². The van der Waals surface area contributed by atoms with Gasteiger partial charge in [-0.05, 0) is 0 Å². The predicted molar refractivity (Wildman–Crippen MR) is 22.4 cm³/mol. The van der Waals surface area contributed by atoms with Crippen LogP contribution in [0, 0.1) is 0 Å². The summed E-state index contributed by atoms with van der Waals surface area (Å²) in [6, 6.07) is 0. The van der Waals surface area contributed by atoms with Gasteiger partial charge in [0, 0.05) is 0 Å². The van der Waals surface area contributed by atoms with Crippen molar-refractivity contribution in [1.82, 2.24) is 0 Å². The van der Waals surface area contributed by atoms with Crippen LogP contribution < -0.4 is 0 Å². The number of rotatable bonds is 0. The molecular formula is H3FLiMnO4S. The van der Waals surface area contributed by atoms with E-state index in [9.17, 15) is 3.55 Å². The zero-order valence-corrected chi connectivity index (χ0v) is 4.87. The van der Waals surface area contributed by atoms with Gasteiger partial charge in [-0.3, -0.25) is 9.11 Å². The Morgan fingerprint density at radius 2 is 1.25 bits per heavy atom. The zero-order chi connectivity index (χ0) is 6.50. The van der Waals surface area contributed by atoms with Crippen LogP contribution in [0.4, 0.5) is 3.55 Å². The Labute approximate surface area is 66.9 Å². The summed E-state index contributed by atoms with van der Waals surface area (Å²) in [5.74, 6) is 0. The van der Waals surface area contributed by atoms with E-state index in [-0.39, 0.29) is 18.9 Å². The Bertz CT molecular complexity index is 99.2. The van der Waals surface area contributed by atoms with E-state index >= 15 is 0 Å². The molecule has 2 N–H and O–H groups in total. The van der Waals surface area contributed by atoms with Crippen LogP contribution in [-0.4, -0.2) is 36.4 Å². The fraction of sp³-hybridized carbons (Fsp3) is 0. The van der Waals surface area contributed by atoms with Crippen molar-refractivity contribution in [2.75, 3.05) is 0 Å².